The van der Waals surface area contributed by atoms with E-state index >= 15 is 0 Å². The SMILES string of the molecule is Cc1ccc(C(=O)n2cc(CCCCN3CCN(c4ccc5oc(C(N)=O)c(-c6ccc(C)cc6)c5c4)CC3)c3cc(C#N)ccc32)cc1. The van der Waals surface area contributed by atoms with Crippen LogP contribution in [0.2, 0.25) is 0 Å². The van der Waals surface area contributed by atoms with Crippen molar-refractivity contribution in [2.45, 2.75) is 33.1 Å². The molecule has 0 bridgehead atoms. The van der Waals surface area contributed by atoms with Crippen molar-refractivity contribution in [1.29, 1.82) is 5.26 Å². The van der Waals surface area contributed by atoms with Crippen LogP contribution in [0.15, 0.2) is 95.5 Å². The molecule has 0 atom stereocenters. The number of aryl methyl sites for hydroxylation is 3. The molecule has 2 aromatic heterocycles. The van der Waals surface area contributed by atoms with Crippen LogP contribution in [0.1, 0.15) is 56.0 Å². The van der Waals surface area contributed by atoms with Gasteiger partial charge >= 0.3 is 0 Å². The van der Waals surface area contributed by atoms with Crippen LogP contribution in [0.25, 0.3) is 33.0 Å². The van der Waals surface area contributed by atoms with Crippen molar-refractivity contribution >= 4 is 39.4 Å². The maximum absolute atomic E-state index is 13.5. The summed E-state index contributed by atoms with van der Waals surface area (Å²) in [5, 5.41) is 11.4. The molecule has 8 nitrogen and oxygen atoms in total. The van der Waals surface area contributed by atoms with E-state index in [1.165, 1.54) is 0 Å². The molecule has 246 valence electrons. The zero-order chi connectivity index (χ0) is 34.1. The highest BCUT2D eigenvalue weighted by Crippen LogP contribution is 2.37. The number of unbranched alkanes of at least 4 members (excludes halogenated alkanes) is 1. The van der Waals surface area contributed by atoms with Crippen molar-refractivity contribution in [3.8, 4) is 17.2 Å². The number of furan rings is 1. The first-order valence-corrected chi connectivity index (χ1v) is 16.8. The fourth-order valence-electron chi connectivity index (χ4n) is 6.91. The first-order chi connectivity index (χ1) is 23.8. The van der Waals surface area contributed by atoms with E-state index in [4.69, 9.17) is 10.2 Å². The number of carbonyl (C=O) groups is 2. The molecule has 0 radical (unpaired) electrons. The minimum absolute atomic E-state index is 0.0644. The second-order valence-electron chi connectivity index (χ2n) is 13.0. The molecule has 3 heterocycles. The fraction of sp³-hybridized carbons (Fsp3) is 0.244. The van der Waals surface area contributed by atoms with Gasteiger partial charge in [0.05, 0.1) is 17.1 Å². The molecule has 1 amide bonds. The molecule has 0 aliphatic carbocycles. The van der Waals surface area contributed by atoms with Crippen LogP contribution in [0.3, 0.4) is 0 Å². The Morgan fingerprint density at radius 3 is 2.24 bits per heavy atom. The Kier molecular flexibility index (Phi) is 8.77. The van der Waals surface area contributed by atoms with Gasteiger partial charge in [0.15, 0.2) is 5.76 Å². The number of primary amides is 1. The quantitative estimate of drug-likeness (QED) is 0.163. The van der Waals surface area contributed by atoms with Crippen molar-refractivity contribution in [1.82, 2.24) is 9.47 Å². The summed E-state index contributed by atoms with van der Waals surface area (Å²) in [6.45, 7) is 8.75. The molecule has 1 saturated heterocycles. The topological polar surface area (TPSA) is 108 Å². The lowest BCUT2D eigenvalue weighted by Gasteiger charge is -2.36. The van der Waals surface area contributed by atoms with E-state index in [9.17, 15) is 14.9 Å². The highest BCUT2D eigenvalue weighted by atomic mass is 16.3. The van der Waals surface area contributed by atoms with Gasteiger partial charge < -0.3 is 15.1 Å². The number of nitrogens with zero attached hydrogens (tertiary/aromatic N) is 4. The van der Waals surface area contributed by atoms with E-state index in [2.05, 4.69) is 28.0 Å². The summed E-state index contributed by atoms with van der Waals surface area (Å²) in [4.78, 5) is 30.7. The third-order valence-electron chi connectivity index (χ3n) is 9.68. The second-order valence-corrected chi connectivity index (χ2v) is 13.0. The lowest BCUT2D eigenvalue weighted by atomic mass is 10.00. The minimum atomic E-state index is -0.574. The normalized spacial score (nSPS) is 13.6. The maximum Gasteiger partial charge on any atom is 0.285 e. The van der Waals surface area contributed by atoms with Crippen LogP contribution in [0, 0.1) is 25.2 Å². The summed E-state index contributed by atoms with van der Waals surface area (Å²) < 4.78 is 7.66. The molecule has 0 unspecified atom stereocenters. The molecule has 1 aliphatic rings. The number of rotatable bonds is 9. The molecule has 49 heavy (non-hydrogen) atoms. The number of piperazine rings is 1. The summed E-state index contributed by atoms with van der Waals surface area (Å²) in [6, 6.07) is 29.6. The van der Waals surface area contributed by atoms with Gasteiger partial charge in [-0.05, 0) is 99.3 Å². The zero-order valence-corrected chi connectivity index (χ0v) is 27.9. The predicted octanol–water partition coefficient (Wildman–Crippen LogP) is 7.48. The predicted molar refractivity (Wildman–Crippen MR) is 194 cm³/mol. The lowest BCUT2D eigenvalue weighted by Crippen LogP contribution is -2.46. The van der Waals surface area contributed by atoms with Gasteiger partial charge in [0.1, 0.15) is 5.58 Å². The summed E-state index contributed by atoms with van der Waals surface area (Å²) >= 11 is 0. The minimum Gasteiger partial charge on any atom is -0.450 e. The number of benzene rings is 4. The highest BCUT2D eigenvalue weighted by molar-refractivity contribution is 6.08. The summed E-state index contributed by atoms with van der Waals surface area (Å²) in [5.41, 5.74) is 14.6. The van der Waals surface area contributed by atoms with E-state index in [0.29, 0.717) is 16.7 Å². The van der Waals surface area contributed by atoms with Gasteiger partial charge in [-0.2, -0.15) is 5.26 Å². The Labute approximate surface area is 285 Å². The van der Waals surface area contributed by atoms with Crippen LogP contribution >= 0.6 is 0 Å². The van der Waals surface area contributed by atoms with Crippen molar-refractivity contribution in [2.75, 3.05) is 37.6 Å². The van der Waals surface area contributed by atoms with Gasteiger partial charge in [-0.25, -0.2) is 0 Å². The smallest absolute Gasteiger partial charge is 0.285 e. The Bertz CT molecular complexity index is 2210. The van der Waals surface area contributed by atoms with Gasteiger partial charge in [0, 0.05) is 60.0 Å². The molecular weight excluding hydrogens is 610 g/mol. The standard InChI is InChI=1S/C41H39N5O3/c1-27-6-11-30(12-7-27)38-35-24-33(15-17-37(35)49-39(38)40(43)47)45-21-19-44(20-22-45)18-4-3-5-32-26-46(36-16-10-29(25-42)23-34(32)36)41(48)31-13-8-28(2)9-14-31/h6-17,23-24,26H,3-5,18-22H2,1-2H3,(H2,43,47). The molecule has 8 heteroatoms. The molecule has 0 saturated carbocycles. The number of nitrogens with two attached hydrogens (primary N) is 1. The van der Waals surface area contributed by atoms with E-state index in [1.54, 1.807) is 10.6 Å². The first-order valence-electron chi connectivity index (χ1n) is 16.8. The average Bonchev–Trinajstić information content (AvgIpc) is 3.69. The van der Waals surface area contributed by atoms with Gasteiger partial charge in [-0.1, -0.05) is 47.5 Å². The van der Waals surface area contributed by atoms with Gasteiger partial charge in [0.25, 0.3) is 11.8 Å². The number of nitriles is 1. The number of hydrogen-bond acceptors (Lipinski definition) is 6. The van der Waals surface area contributed by atoms with E-state index in [1.807, 2.05) is 86.8 Å². The number of aromatic nitrogens is 1. The van der Waals surface area contributed by atoms with Crippen LogP contribution in [-0.2, 0) is 6.42 Å². The lowest BCUT2D eigenvalue weighted by molar-refractivity contribution is 0.0961. The fourth-order valence-corrected chi connectivity index (χ4v) is 6.91. The van der Waals surface area contributed by atoms with Crippen molar-refractivity contribution < 1.29 is 14.0 Å². The molecule has 0 spiro atoms. The van der Waals surface area contributed by atoms with Crippen LogP contribution in [0.5, 0.6) is 0 Å². The molecule has 7 rings (SSSR count). The maximum atomic E-state index is 13.5. The Hall–Kier alpha value is -5.65. The zero-order valence-electron chi connectivity index (χ0n) is 27.9. The molecule has 6 aromatic rings. The third kappa shape index (κ3) is 6.46. The van der Waals surface area contributed by atoms with Gasteiger partial charge in [-0.15, -0.1) is 0 Å². The highest BCUT2D eigenvalue weighted by Gasteiger charge is 2.23. The van der Waals surface area contributed by atoms with Crippen molar-refractivity contribution in [3.05, 3.63) is 125 Å². The molecule has 2 N–H and O–H groups in total. The van der Waals surface area contributed by atoms with Crippen LogP contribution in [-0.4, -0.2) is 54.0 Å². The Morgan fingerprint density at radius 1 is 0.837 bits per heavy atom. The van der Waals surface area contributed by atoms with Gasteiger partial charge in [-0.3, -0.25) is 19.1 Å². The largest absolute Gasteiger partial charge is 0.450 e. The average molecular weight is 650 g/mol. The van der Waals surface area contributed by atoms with Gasteiger partial charge in [0.2, 0.25) is 0 Å². The number of amides is 1. The van der Waals surface area contributed by atoms with E-state index in [-0.39, 0.29) is 11.7 Å². The van der Waals surface area contributed by atoms with E-state index in [0.717, 1.165) is 102 Å². The van der Waals surface area contributed by atoms with Crippen LogP contribution < -0.4 is 10.6 Å². The van der Waals surface area contributed by atoms with Crippen molar-refractivity contribution in [3.63, 3.8) is 0 Å². The first kappa shape index (κ1) is 31.9. The third-order valence-corrected chi connectivity index (χ3v) is 9.68. The number of hydrogen-bond donors (Lipinski definition) is 1. The summed E-state index contributed by atoms with van der Waals surface area (Å²) in [5.74, 6) is -0.450. The number of anilines is 1. The second kappa shape index (κ2) is 13.5. The molecule has 4 aromatic carbocycles. The van der Waals surface area contributed by atoms with E-state index < -0.39 is 5.91 Å². The molecule has 1 aliphatic heterocycles. The summed E-state index contributed by atoms with van der Waals surface area (Å²) in [6.07, 6.45) is 4.81. The monoisotopic (exact) mass is 649 g/mol. The number of carbonyl (C=O) groups excluding carboxylic acids is 2. The molecule has 1 fully saturated rings. The molecular formula is C41H39N5O3. The Morgan fingerprint density at radius 2 is 1.55 bits per heavy atom. The number of fused-ring (bicyclic) bond motifs is 2. The van der Waals surface area contributed by atoms with Crippen LogP contribution in [0.4, 0.5) is 5.69 Å². The Balaban J connectivity index is 0.993. The van der Waals surface area contributed by atoms with Crippen molar-refractivity contribution in [2.24, 2.45) is 5.73 Å². The summed E-state index contributed by atoms with van der Waals surface area (Å²) in [7, 11) is 0.